The smallest absolute Gasteiger partial charge is 0.165 e. The number of hydrogen-bond acceptors (Lipinski definition) is 5. The molecule has 1 aliphatic heterocycles. The molecule has 1 saturated carbocycles. The van der Waals surface area contributed by atoms with Crippen molar-refractivity contribution >= 4 is 23.3 Å². The third kappa shape index (κ3) is 2.53. The van der Waals surface area contributed by atoms with Crippen LogP contribution in [0.3, 0.4) is 0 Å². The van der Waals surface area contributed by atoms with Crippen molar-refractivity contribution in [2.75, 3.05) is 5.73 Å². The molecule has 3 heterocycles. The SMILES string of the molecule is CC1C=C(c2cnn3c(N)cc([C@H]4CCC[C@@H](N)C4)nc23)C=N1. The van der Waals surface area contributed by atoms with Crippen molar-refractivity contribution in [2.24, 2.45) is 10.7 Å². The molecule has 0 spiro atoms. The van der Waals surface area contributed by atoms with Gasteiger partial charge >= 0.3 is 0 Å². The summed E-state index contributed by atoms with van der Waals surface area (Å²) in [6.07, 6.45) is 10.2. The van der Waals surface area contributed by atoms with E-state index in [0.717, 1.165) is 48.2 Å². The van der Waals surface area contributed by atoms with E-state index in [2.05, 4.69) is 23.1 Å². The Morgan fingerprint density at radius 3 is 2.91 bits per heavy atom. The van der Waals surface area contributed by atoms with Crippen LogP contribution in [-0.4, -0.2) is 32.9 Å². The summed E-state index contributed by atoms with van der Waals surface area (Å²) in [5.74, 6) is 1.01. The van der Waals surface area contributed by atoms with Crippen LogP contribution in [0.5, 0.6) is 0 Å². The molecule has 0 amide bonds. The van der Waals surface area contributed by atoms with Crippen molar-refractivity contribution in [3.63, 3.8) is 0 Å². The van der Waals surface area contributed by atoms with E-state index in [1.165, 1.54) is 0 Å². The fraction of sp³-hybridized carbons (Fsp3) is 0.471. The monoisotopic (exact) mass is 310 g/mol. The molecule has 3 atom stereocenters. The molecule has 2 aromatic rings. The van der Waals surface area contributed by atoms with Gasteiger partial charge in [0.05, 0.1) is 12.2 Å². The molecule has 1 aliphatic carbocycles. The first kappa shape index (κ1) is 14.4. The topological polar surface area (TPSA) is 94.6 Å². The highest BCUT2D eigenvalue weighted by atomic mass is 15.3. The first-order valence-electron chi connectivity index (χ1n) is 8.27. The molecule has 23 heavy (non-hydrogen) atoms. The lowest BCUT2D eigenvalue weighted by atomic mass is 9.84. The van der Waals surface area contributed by atoms with Gasteiger partial charge < -0.3 is 11.5 Å². The van der Waals surface area contributed by atoms with Gasteiger partial charge in [0.1, 0.15) is 5.82 Å². The fourth-order valence-electron chi connectivity index (χ4n) is 3.62. The summed E-state index contributed by atoms with van der Waals surface area (Å²) in [7, 11) is 0. The van der Waals surface area contributed by atoms with Gasteiger partial charge in [-0.1, -0.05) is 12.5 Å². The number of aromatic nitrogens is 3. The first-order chi connectivity index (χ1) is 11.1. The Hall–Kier alpha value is -2.21. The lowest BCUT2D eigenvalue weighted by Gasteiger charge is -2.26. The third-order valence-electron chi connectivity index (χ3n) is 4.83. The van der Waals surface area contributed by atoms with Crippen molar-refractivity contribution in [1.82, 2.24) is 14.6 Å². The van der Waals surface area contributed by atoms with Gasteiger partial charge in [0, 0.05) is 41.1 Å². The Morgan fingerprint density at radius 1 is 1.30 bits per heavy atom. The zero-order valence-electron chi connectivity index (χ0n) is 13.3. The Morgan fingerprint density at radius 2 is 2.17 bits per heavy atom. The molecule has 4 N–H and O–H groups in total. The van der Waals surface area contributed by atoms with Gasteiger partial charge in [0.25, 0.3) is 0 Å². The second-order valence-corrected chi connectivity index (χ2v) is 6.66. The van der Waals surface area contributed by atoms with Crippen LogP contribution in [0.25, 0.3) is 11.2 Å². The third-order valence-corrected chi connectivity index (χ3v) is 4.83. The van der Waals surface area contributed by atoms with Crippen molar-refractivity contribution < 1.29 is 0 Å². The molecule has 0 aromatic carbocycles. The van der Waals surface area contributed by atoms with E-state index < -0.39 is 0 Å². The van der Waals surface area contributed by atoms with E-state index in [1.54, 1.807) is 4.52 Å². The molecule has 2 aliphatic rings. The van der Waals surface area contributed by atoms with Crippen molar-refractivity contribution in [3.05, 3.63) is 29.6 Å². The van der Waals surface area contributed by atoms with Crippen LogP contribution in [0, 0.1) is 0 Å². The molecule has 0 bridgehead atoms. The zero-order chi connectivity index (χ0) is 16.0. The van der Waals surface area contributed by atoms with Crippen LogP contribution in [-0.2, 0) is 0 Å². The number of fused-ring (bicyclic) bond motifs is 1. The minimum Gasteiger partial charge on any atom is -0.384 e. The summed E-state index contributed by atoms with van der Waals surface area (Å²) in [5.41, 5.74) is 16.3. The summed E-state index contributed by atoms with van der Waals surface area (Å²) in [6, 6.07) is 2.42. The average Bonchev–Trinajstić information content (AvgIpc) is 3.13. The molecule has 1 unspecified atom stereocenters. The van der Waals surface area contributed by atoms with Gasteiger partial charge in [-0.2, -0.15) is 9.61 Å². The summed E-state index contributed by atoms with van der Waals surface area (Å²) in [6.45, 7) is 2.06. The van der Waals surface area contributed by atoms with E-state index in [0.29, 0.717) is 11.7 Å². The van der Waals surface area contributed by atoms with E-state index >= 15 is 0 Å². The van der Waals surface area contributed by atoms with Crippen LogP contribution in [0.2, 0.25) is 0 Å². The highest BCUT2D eigenvalue weighted by Crippen LogP contribution is 2.33. The minimum absolute atomic E-state index is 0.205. The first-order valence-corrected chi connectivity index (χ1v) is 8.27. The van der Waals surface area contributed by atoms with Gasteiger partial charge in [-0.3, -0.25) is 4.99 Å². The van der Waals surface area contributed by atoms with Crippen LogP contribution in [0.4, 0.5) is 5.82 Å². The summed E-state index contributed by atoms with van der Waals surface area (Å²) in [4.78, 5) is 9.28. The van der Waals surface area contributed by atoms with Gasteiger partial charge in [0.2, 0.25) is 0 Å². The predicted molar refractivity (Wildman–Crippen MR) is 92.5 cm³/mol. The molecule has 6 heteroatoms. The maximum atomic E-state index is 6.21. The Kier molecular flexibility index (Phi) is 3.41. The second-order valence-electron chi connectivity index (χ2n) is 6.66. The molecule has 1 fully saturated rings. The molecule has 4 rings (SSSR count). The van der Waals surface area contributed by atoms with Gasteiger partial charge in [0.15, 0.2) is 5.65 Å². The molecule has 120 valence electrons. The number of nitrogens with two attached hydrogens (primary N) is 2. The van der Waals surface area contributed by atoms with Crippen molar-refractivity contribution in [1.29, 1.82) is 0 Å². The standard InChI is InChI=1S/C17H22N6/c1-10-5-12(8-20-10)14-9-21-23-16(19)7-15(22-17(14)23)11-3-2-4-13(18)6-11/h5,7-11,13H,2-4,6,18-19H2,1H3/t10?,11-,13+/m0/s1. The van der Waals surface area contributed by atoms with Crippen LogP contribution >= 0.6 is 0 Å². The number of hydrogen-bond donors (Lipinski definition) is 2. The normalized spacial score (nSPS) is 27.6. The maximum Gasteiger partial charge on any atom is 0.165 e. The number of nitrogen functional groups attached to an aromatic ring is 1. The van der Waals surface area contributed by atoms with Gasteiger partial charge in [-0.15, -0.1) is 0 Å². The number of anilines is 1. The fourth-order valence-corrected chi connectivity index (χ4v) is 3.62. The van der Waals surface area contributed by atoms with Crippen molar-refractivity contribution in [3.8, 4) is 0 Å². The lowest BCUT2D eigenvalue weighted by Crippen LogP contribution is -2.27. The van der Waals surface area contributed by atoms with Crippen LogP contribution in [0.15, 0.2) is 23.3 Å². The van der Waals surface area contributed by atoms with Gasteiger partial charge in [-0.25, -0.2) is 4.98 Å². The highest BCUT2D eigenvalue weighted by Gasteiger charge is 2.24. The number of allylic oxidation sites excluding steroid dienone is 1. The van der Waals surface area contributed by atoms with Gasteiger partial charge in [-0.05, 0) is 26.2 Å². The Bertz CT molecular complexity index is 803. The summed E-state index contributed by atoms with van der Waals surface area (Å²) < 4.78 is 1.71. The van der Waals surface area contributed by atoms with Crippen molar-refractivity contribution in [2.45, 2.75) is 50.6 Å². The highest BCUT2D eigenvalue weighted by molar-refractivity contribution is 6.13. The second kappa shape index (κ2) is 5.45. The molecular formula is C17H22N6. The number of rotatable bonds is 2. The minimum atomic E-state index is 0.205. The summed E-state index contributed by atoms with van der Waals surface area (Å²) in [5, 5.41) is 4.39. The van der Waals surface area contributed by atoms with Crippen LogP contribution in [0.1, 0.15) is 49.8 Å². The van der Waals surface area contributed by atoms with E-state index in [4.69, 9.17) is 16.5 Å². The molecular weight excluding hydrogens is 288 g/mol. The number of nitrogens with zero attached hydrogens (tertiary/aromatic N) is 4. The summed E-state index contributed by atoms with van der Waals surface area (Å²) >= 11 is 0. The van der Waals surface area contributed by atoms with Crippen LogP contribution < -0.4 is 11.5 Å². The molecule has 6 nitrogen and oxygen atoms in total. The molecule has 0 radical (unpaired) electrons. The van der Waals surface area contributed by atoms with E-state index in [1.807, 2.05) is 18.5 Å². The molecule has 0 saturated heterocycles. The molecule has 2 aromatic heterocycles. The lowest BCUT2D eigenvalue weighted by molar-refractivity contribution is 0.388. The Balaban J connectivity index is 1.79. The Labute approximate surface area is 135 Å². The predicted octanol–water partition coefficient (Wildman–Crippen LogP) is 2.15. The van der Waals surface area contributed by atoms with E-state index in [9.17, 15) is 0 Å². The largest absolute Gasteiger partial charge is 0.384 e. The quantitative estimate of drug-likeness (QED) is 0.888. The number of aliphatic imine (C=N–C) groups is 1. The zero-order valence-corrected chi connectivity index (χ0v) is 13.3. The van der Waals surface area contributed by atoms with E-state index in [-0.39, 0.29) is 12.1 Å². The maximum absolute atomic E-state index is 6.21. The average molecular weight is 310 g/mol.